The van der Waals surface area contributed by atoms with Crippen LogP contribution in [0.5, 0.6) is 0 Å². The lowest BCUT2D eigenvalue weighted by atomic mass is 10.00. The monoisotopic (exact) mass is 470 g/mol. The smallest absolute Gasteiger partial charge is 0.205 e. The Morgan fingerprint density at radius 3 is 2.53 bits per heavy atom. The Morgan fingerprint density at radius 1 is 0.969 bits per heavy atom. The topological polar surface area (TPSA) is 56.0 Å². The number of hydrogen-bond donors (Lipinski definition) is 1. The molecule has 4 heterocycles. The van der Waals surface area contributed by atoms with Crippen molar-refractivity contribution >= 4 is 67.3 Å². The number of nitrogens with zero attached hydrogens (tertiary/aromatic N) is 1. The number of benzene rings is 1. The van der Waals surface area contributed by atoms with Crippen LogP contribution in [0.1, 0.15) is 37.8 Å². The van der Waals surface area contributed by atoms with Crippen molar-refractivity contribution in [1.82, 2.24) is 4.98 Å². The van der Waals surface area contributed by atoms with Crippen molar-refractivity contribution in [1.29, 1.82) is 0 Å². The Kier molecular flexibility index (Phi) is 4.79. The van der Waals surface area contributed by atoms with Gasteiger partial charge in [0.1, 0.15) is 9.71 Å². The van der Waals surface area contributed by atoms with Gasteiger partial charge in [0, 0.05) is 26.3 Å². The van der Waals surface area contributed by atoms with Crippen molar-refractivity contribution < 1.29 is 4.79 Å². The lowest BCUT2D eigenvalue weighted by Gasteiger charge is -2.10. The molecule has 0 spiro atoms. The highest BCUT2D eigenvalue weighted by atomic mass is 32.1. The molecule has 0 fully saturated rings. The van der Waals surface area contributed by atoms with Crippen molar-refractivity contribution in [2.45, 2.75) is 12.8 Å². The van der Waals surface area contributed by atoms with E-state index in [4.69, 9.17) is 10.7 Å². The zero-order chi connectivity index (χ0) is 21.7. The summed E-state index contributed by atoms with van der Waals surface area (Å²) >= 11 is 4.85. The van der Waals surface area contributed by atoms with E-state index < -0.39 is 0 Å². The van der Waals surface area contributed by atoms with E-state index >= 15 is 0 Å². The van der Waals surface area contributed by atoms with Crippen molar-refractivity contribution in [3.63, 3.8) is 0 Å². The molecule has 0 unspecified atom stereocenters. The van der Waals surface area contributed by atoms with E-state index in [0.717, 1.165) is 34.3 Å². The zero-order valence-electron chi connectivity index (χ0n) is 17.0. The molecule has 2 N–H and O–H groups in total. The predicted octanol–water partition coefficient (Wildman–Crippen LogP) is 7.39. The summed E-state index contributed by atoms with van der Waals surface area (Å²) in [4.78, 5) is 22.2. The van der Waals surface area contributed by atoms with E-state index in [-0.39, 0.29) is 5.78 Å². The molecule has 0 radical (unpaired) electrons. The fraction of sp³-hybridized carbons (Fsp3) is 0.0769. The van der Waals surface area contributed by atoms with Crippen molar-refractivity contribution in [2.75, 3.05) is 5.73 Å². The number of carbonyl (C=O) groups excluding carboxylic acids is 1. The fourth-order valence-corrected chi connectivity index (χ4v) is 6.90. The standard InChI is InChI=1S/C26H18N2OS3/c27-22-21-20(19-9-5-13-31-19)18-11-10-16(14-17-8-4-12-30-17)23(18)28-26(21)32-25(22)24(29)15-6-2-1-3-7-15/h1-9,12-14H,10-11,27H2. The molecule has 1 aliphatic carbocycles. The molecule has 0 aliphatic heterocycles. The molecule has 6 heteroatoms. The van der Waals surface area contributed by atoms with E-state index in [2.05, 4.69) is 41.1 Å². The van der Waals surface area contributed by atoms with Crippen LogP contribution < -0.4 is 5.73 Å². The number of carbonyl (C=O) groups is 1. The molecule has 0 atom stereocenters. The summed E-state index contributed by atoms with van der Waals surface area (Å²) in [5.41, 5.74) is 12.6. The number of anilines is 1. The van der Waals surface area contributed by atoms with Gasteiger partial charge in [-0.15, -0.1) is 34.0 Å². The number of thiophene rings is 3. The summed E-state index contributed by atoms with van der Waals surface area (Å²) in [6.45, 7) is 0. The van der Waals surface area contributed by atoms with Crippen molar-refractivity contribution in [3.8, 4) is 10.4 Å². The molecule has 0 saturated carbocycles. The van der Waals surface area contributed by atoms with Gasteiger partial charge in [-0.1, -0.05) is 42.5 Å². The molecule has 5 aromatic rings. The Bertz CT molecular complexity index is 1480. The first-order chi connectivity index (χ1) is 15.7. The number of rotatable bonds is 4. The highest BCUT2D eigenvalue weighted by molar-refractivity contribution is 7.21. The maximum Gasteiger partial charge on any atom is 0.205 e. The highest BCUT2D eigenvalue weighted by Crippen LogP contribution is 2.48. The van der Waals surface area contributed by atoms with Gasteiger partial charge in [-0.05, 0) is 52.9 Å². The first kappa shape index (κ1) is 19.6. The van der Waals surface area contributed by atoms with Crippen LogP contribution in [0.3, 0.4) is 0 Å². The number of ketones is 1. The minimum Gasteiger partial charge on any atom is -0.397 e. The summed E-state index contributed by atoms with van der Waals surface area (Å²) in [6.07, 6.45) is 4.14. The Hall–Kier alpha value is -3.06. The second-order valence-corrected chi connectivity index (χ2v) is 10.6. The van der Waals surface area contributed by atoms with Crippen LogP contribution in [-0.2, 0) is 6.42 Å². The quantitative estimate of drug-likeness (QED) is 0.279. The van der Waals surface area contributed by atoms with E-state index in [1.54, 1.807) is 22.7 Å². The van der Waals surface area contributed by atoms with Gasteiger partial charge in [-0.2, -0.15) is 0 Å². The van der Waals surface area contributed by atoms with Gasteiger partial charge < -0.3 is 5.73 Å². The summed E-state index contributed by atoms with van der Waals surface area (Å²) in [7, 11) is 0. The number of fused-ring (bicyclic) bond motifs is 2. The van der Waals surface area contributed by atoms with Crippen LogP contribution in [-0.4, -0.2) is 10.8 Å². The molecule has 3 nitrogen and oxygen atoms in total. The number of allylic oxidation sites excluding steroid dienone is 1. The molecule has 4 aromatic heterocycles. The predicted molar refractivity (Wildman–Crippen MR) is 138 cm³/mol. The normalized spacial score (nSPS) is 14.3. The molecular weight excluding hydrogens is 453 g/mol. The largest absolute Gasteiger partial charge is 0.397 e. The third-order valence-electron chi connectivity index (χ3n) is 5.80. The van der Waals surface area contributed by atoms with E-state index in [9.17, 15) is 4.79 Å². The van der Waals surface area contributed by atoms with Gasteiger partial charge in [-0.3, -0.25) is 4.79 Å². The Morgan fingerprint density at radius 2 is 1.78 bits per heavy atom. The van der Waals surface area contributed by atoms with Crippen LogP contribution in [0.2, 0.25) is 0 Å². The first-order valence-electron chi connectivity index (χ1n) is 10.3. The minimum absolute atomic E-state index is 0.0438. The van der Waals surface area contributed by atoms with Crippen LogP contribution >= 0.6 is 34.0 Å². The van der Waals surface area contributed by atoms with Gasteiger partial charge >= 0.3 is 0 Å². The maximum atomic E-state index is 13.3. The van der Waals surface area contributed by atoms with Crippen molar-refractivity contribution in [2.24, 2.45) is 0 Å². The minimum atomic E-state index is -0.0438. The van der Waals surface area contributed by atoms with Crippen LogP contribution in [0, 0.1) is 0 Å². The Balaban J connectivity index is 1.60. The van der Waals surface area contributed by atoms with Gasteiger partial charge in [0.05, 0.1) is 11.4 Å². The van der Waals surface area contributed by atoms with Crippen LogP contribution in [0.25, 0.3) is 32.3 Å². The molecule has 1 aliphatic rings. The number of pyridine rings is 1. The summed E-state index contributed by atoms with van der Waals surface area (Å²) < 4.78 is 0. The lowest BCUT2D eigenvalue weighted by molar-refractivity contribution is 0.104. The van der Waals surface area contributed by atoms with Gasteiger partial charge in [0.15, 0.2) is 0 Å². The van der Waals surface area contributed by atoms with E-state index in [0.29, 0.717) is 16.1 Å². The van der Waals surface area contributed by atoms with Crippen LogP contribution in [0.4, 0.5) is 5.69 Å². The average molecular weight is 471 g/mol. The van der Waals surface area contributed by atoms with E-state index in [1.807, 2.05) is 30.3 Å². The first-order valence-corrected chi connectivity index (χ1v) is 12.9. The fourth-order valence-electron chi connectivity index (χ4n) is 4.34. The van der Waals surface area contributed by atoms with Crippen LogP contribution in [0.15, 0.2) is 65.4 Å². The Labute approximate surface area is 197 Å². The molecule has 32 heavy (non-hydrogen) atoms. The third kappa shape index (κ3) is 3.14. The summed E-state index contributed by atoms with van der Waals surface area (Å²) in [5.74, 6) is -0.0438. The molecular formula is C26H18N2OS3. The third-order valence-corrected chi connectivity index (χ3v) is 8.60. The SMILES string of the molecule is Nc1c(C(=O)c2ccccc2)sc2nc3c(c(-c4cccs4)c12)CCC3=Cc1cccs1. The second kappa shape index (κ2) is 7.81. The number of nitrogen functional groups attached to an aromatic ring is 1. The molecule has 1 aromatic carbocycles. The average Bonchev–Trinajstić information content (AvgIpc) is 3.62. The molecule has 6 rings (SSSR count). The lowest BCUT2D eigenvalue weighted by Crippen LogP contribution is -2.02. The zero-order valence-corrected chi connectivity index (χ0v) is 19.4. The number of nitrogens with two attached hydrogens (primary N) is 1. The molecule has 0 amide bonds. The maximum absolute atomic E-state index is 13.3. The van der Waals surface area contributed by atoms with Gasteiger partial charge in [-0.25, -0.2) is 4.98 Å². The number of hydrogen-bond acceptors (Lipinski definition) is 6. The molecule has 156 valence electrons. The molecule has 0 saturated heterocycles. The highest BCUT2D eigenvalue weighted by Gasteiger charge is 2.29. The summed E-state index contributed by atoms with van der Waals surface area (Å²) in [5, 5.41) is 5.11. The van der Waals surface area contributed by atoms with Gasteiger partial charge in [0.2, 0.25) is 5.78 Å². The van der Waals surface area contributed by atoms with Gasteiger partial charge in [0.25, 0.3) is 0 Å². The van der Waals surface area contributed by atoms with E-state index in [1.165, 1.54) is 32.2 Å². The number of aromatic nitrogens is 1. The molecule has 0 bridgehead atoms. The summed E-state index contributed by atoms with van der Waals surface area (Å²) in [6, 6.07) is 17.7. The van der Waals surface area contributed by atoms with Crippen molar-refractivity contribution in [3.05, 3.63) is 91.9 Å². The second-order valence-electron chi connectivity index (χ2n) is 7.70.